The number of hydrogen-bond acceptors (Lipinski definition) is 3. The van der Waals surface area contributed by atoms with E-state index in [4.69, 9.17) is 4.98 Å². The molecule has 1 aliphatic carbocycles. The molecule has 1 atom stereocenters. The highest BCUT2D eigenvalue weighted by Crippen LogP contribution is 2.54. The van der Waals surface area contributed by atoms with Gasteiger partial charge in [0, 0.05) is 29.1 Å². The number of benzene rings is 3. The Morgan fingerprint density at radius 1 is 0.742 bits per heavy atom. The second-order valence-corrected chi connectivity index (χ2v) is 8.58. The number of aryl methyl sites for hydroxylation is 2. The smallest absolute Gasteiger partial charge is 0.108 e. The summed E-state index contributed by atoms with van der Waals surface area (Å²) in [4.78, 5) is 9.86. The van der Waals surface area contributed by atoms with Gasteiger partial charge in [-0.3, -0.25) is 4.98 Å². The van der Waals surface area contributed by atoms with E-state index in [1.54, 1.807) is 0 Å². The van der Waals surface area contributed by atoms with Crippen LogP contribution >= 0.6 is 0 Å². The molecule has 4 aromatic rings. The summed E-state index contributed by atoms with van der Waals surface area (Å²) in [6.45, 7) is 6.58. The summed E-state index contributed by atoms with van der Waals surface area (Å²) in [5, 5.41) is 0. The molecule has 0 saturated heterocycles. The fraction of sp³-hybridized carbons (Fsp3) is 0.179. The van der Waals surface area contributed by atoms with Crippen molar-refractivity contribution in [1.29, 1.82) is 0 Å². The van der Waals surface area contributed by atoms with Crippen LogP contribution in [0.25, 0.3) is 11.1 Å². The largest absolute Gasteiger partial charge is 0.319 e. The van der Waals surface area contributed by atoms with Gasteiger partial charge in [-0.2, -0.15) is 0 Å². The van der Waals surface area contributed by atoms with Gasteiger partial charge in [0.2, 0.25) is 0 Å². The molecule has 152 valence electrons. The number of fused-ring (bicyclic) bond motifs is 5. The van der Waals surface area contributed by atoms with Gasteiger partial charge in [-0.15, -0.1) is 0 Å². The minimum absolute atomic E-state index is 0.170. The van der Waals surface area contributed by atoms with Crippen molar-refractivity contribution in [2.24, 2.45) is 0 Å². The monoisotopic (exact) mass is 403 g/mol. The predicted octanol–water partition coefficient (Wildman–Crippen LogP) is 6.91. The molecule has 0 amide bonds. The van der Waals surface area contributed by atoms with Gasteiger partial charge < -0.3 is 9.80 Å². The first-order valence-electron chi connectivity index (χ1n) is 11.0. The van der Waals surface area contributed by atoms with E-state index in [0.29, 0.717) is 0 Å². The summed E-state index contributed by atoms with van der Waals surface area (Å²) in [6, 6.07) is 28.4. The van der Waals surface area contributed by atoms with Crippen LogP contribution in [0.3, 0.4) is 0 Å². The molecular formula is C28H25N3. The van der Waals surface area contributed by atoms with Gasteiger partial charge in [0.25, 0.3) is 0 Å². The SMILES string of the molecule is Cc1ccc2c(n1)Cc1c-2ccc2c1N(c1ccccc1C)[C@@H](C)N2c1ccccc1. The highest BCUT2D eigenvalue weighted by atomic mass is 15.4. The second kappa shape index (κ2) is 6.71. The van der Waals surface area contributed by atoms with Gasteiger partial charge in [0.05, 0.1) is 17.1 Å². The minimum atomic E-state index is 0.170. The van der Waals surface area contributed by atoms with E-state index < -0.39 is 0 Å². The van der Waals surface area contributed by atoms with Gasteiger partial charge in [0.15, 0.2) is 0 Å². The first kappa shape index (κ1) is 18.2. The third-order valence-corrected chi connectivity index (χ3v) is 6.67. The lowest BCUT2D eigenvalue weighted by molar-refractivity contribution is 0.758. The Morgan fingerprint density at radius 3 is 2.29 bits per heavy atom. The first-order chi connectivity index (χ1) is 15.1. The van der Waals surface area contributed by atoms with Crippen LogP contribution < -0.4 is 9.80 Å². The van der Waals surface area contributed by atoms with Gasteiger partial charge in [-0.05, 0) is 67.8 Å². The van der Waals surface area contributed by atoms with Crippen molar-refractivity contribution in [2.45, 2.75) is 33.4 Å². The molecule has 0 radical (unpaired) electrons. The van der Waals surface area contributed by atoms with E-state index >= 15 is 0 Å². The Labute approximate surface area is 183 Å². The maximum atomic E-state index is 4.87. The van der Waals surface area contributed by atoms with E-state index in [-0.39, 0.29) is 6.17 Å². The van der Waals surface area contributed by atoms with E-state index in [9.17, 15) is 0 Å². The lowest BCUT2D eigenvalue weighted by Gasteiger charge is -2.31. The van der Waals surface area contributed by atoms with E-state index in [1.807, 2.05) is 0 Å². The van der Waals surface area contributed by atoms with Crippen molar-refractivity contribution in [1.82, 2.24) is 4.98 Å². The minimum Gasteiger partial charge on any atom is -0.319 e. The van der Waals surface area contributed by atoms with Gasteiger partial charge in [-0.25, -0.2) is 0 Å². The fourth-order valence-corrected chi connectivity index (χ4v) is 5.28. The molecule has 0 fully saturated rings. The number of anilines is 4. The molecular weight excluding hydrogens is 378 g/mol. The van der Waals surface area contributed by atoms with Crippen LogP contribution in [0.15, 0.2) is 78.9 Å². The van der Waals surface area contributed by atoms with Crippen molar-refractivity contribution in [3.63, 3.8) is 0 Å². The second-order valence-electron chi connectivity index (χ2n) is 8.58. The molecule has 3 aromatic carbocycles. The van der Waals surface area contributed by atoms with Crippen LogP contribution in [0.5, 0.6) is 0 Å². The Morgan fingerprint density at radius 2 is 1.48 bits per heavy atom. The summed E-state index contributed by atoms with van der Waals surface area (Å²) in [6.07, 6.45) is 1.05. The summed E-state index contributed by atoms with van der Waals surface area (Å²) >= 11 is 0. The fourth-order valence-electron chi connectivity index (χ4n) is 5.28. The summed E-state index contributed by atoms with van der Waals surface area (Å²) in [5.41, 5.74) is 12.6. The van der Waals surface area contributed by atoms with Gasteiger partial charge >= 0.3 is 0 Å². The normalized spacial score (nSPS) is 16.3. The Bertz CT molecular complexity index is 1310. The Hall–Kier alpha value is -3.59. The number of aromatic nitrogens is 1. The van der Waals surface area contributed by atoms with Crippen LogP contribution in [0.4, 0.5) is 22.7 Å². The molecule has 0 bridgehead atoms. The molecule has 1 aliphatic heterocycles. The zero-order valence-corrected chi connectivity index (χ0v) is 18.1. The maximum absolute atomic E-state index is 4.87. The average Bonchev–Trinajstić information content (AvgIpc) is 3.28. The lowest BCUT2D eigenvalue weighted by atomic mass is 10.0. The van der Waals surface area contributed by atoms with Crippen molar-refractivity contribution >= 4 is 22.7 Å². The van der Waals surface area contributed by atoms with Crippen LogP contribution in [-0.4, -0.2) is 11.1 Å². The molecule has 1 aromatic heterocycles. The van der Waals surface area contributed by atoms with Gasteiger partial charge in [0.1, 0.15) is 6.17 Å². The standard InChI is InChI=1S/C28H25N3/c1-18-9-7-8-12-26(18)31-20(3)30(21-10-5-4-6-11-21)27-16-15-22-23-14-13-19(2)29-25(23)17-24(22)28(27)31/h4-16,20H,17H2,1-3H3/t20-/m0/s1. The van der Waals surface area contributed by atoms with E-state index in [0.717, 1.165) is 12.1 Å². The molecule has 6 rings (SSSR count). The van der Waals surface area contributed by atoms with Crippen LogP contribution in [0, 0.1) is 13.8 Å². The molecule has 3 heteroatoms. The lowest BCUT2D eigenvalue weighted by Crippen LogP contribution is -2.35. The molecule has 3 nitrogen and oxygen atoms in total. The van der Waals surface area contributed by atoms with Crippen molar-refractivity contribution < 1.29 is 0 Å². The number of pyridine rings is 1. The summed E-state index contributed by atoms with van der Waals surface area (Å²) in [5.74, 6) is 0. The maximum Gasteiger partial charge on any atom is 0.108 e. The number of para-hydroxylation sites is 2. The zero-order valence-electron chi connectivity index (χ0n) is 18.1. The Kier molecular flexibility index (Phi) is 3.94. The summed E-state index contributed by atoms with van der Waals surface area (Å²) in [7, 11) is 0. The summed E-state index contributed by atoms with van der Waals surface area (Å²) < 4.78 is 0. The molecule has 2 aliphatic rings. The van der Waals surface area contributed by atoms with E-state index in [2.05, 4.69) is 109 Å². The zero-order chi connectivity index (χ0) is 21.1. The molecule has 2 heterocycles. The van der Waals surface area contributed by atoms with Crippen LogP contribution in [0.2, 0.25) is 0 Å². The number of nitrogens with zero attached hydrogens (tertiary/aromatic N) is 3. The third-order valence-electron chi connectivity index (χ3n) is 6.67. The third kappa shape index (κ3) is 2.63. The van der Waals surface area contributed by atoms with Gasteiger partial charge in [-0.1, -0.05) is 48.5 Å². The number of hydrogen-bond donors (Lipinski definition) is 0. The quantitative estimate of drug-likeness (QED) is 0.319. The topological polar surface area (TPSA) is 19.4 Å². The predicted molar refractivity (Wildman–Crippen MR) is 129 cm³/mol. The molecule has 0 saturated carbocycles. The molecule has 0 unspecified atom stereocenters. The van der Waals surface area contributed by atoms with Crippen molar-refractivity contribution in [2.75, 3.05) is 9.80 Å². The molecule has 31 heavy (non-hydrogen) atoms. The molecule has 0 spiro atoms. The van der Waals surface area contributed by atoms with E-state index in [1.165, 1.54) is 50.7 Å². The van der Waals surface area contributed by atoms with Crippen molar-refractivity contribution in [3.8, 4) is 11.1 Å². The van der Waals surface area contributed by atoms with Crippen LogP contribution in [-0.2, 0) is 6.42 Å². The van der Waals surface area contributed by atoms with Crippen molar-refractivity contribution in [3.05, 3.63) is 101 Å². The Balaban J connectivity index is 1.61. The first-order valence-corrected chi connectivity index (χ1v) is 11.0. The molecule has 0 N–H and O–H groups in total. The average molecular weight is 404 g/mol. The van der Waals surface area contributed by atoms with Crippen LogP contribution in [0.1, 0.15) is 29.4 Å². The highest BCUT2D eigenvalue weighted by molar-refractivity contribution is 5.96. The number of rotatable bonds is 2. The highest BCUT2D eigenvalue weighted by Gasteiger charge is 2.39.